The Morgan fingerprint density at radius 1 is 1.27 bits per heavy atom. The number of aliphatic imine (C=N–C) groups is 1. The summed E-state index contributed by atoms with van der Waals surface area (Å²) in [5.74, 6) is -1.08. The van der Waals surface area contributed by atoms with Gasteiger partial charge in [-0.3, -0.25) is 0 Å². The summed E-state index contributed by atoms with van der Waals surface area (Å²) in [6.07, 6.45) is 1.91. The summed E-state index contributed by atoms with van der Waals surface area (Å²) in [6.45, 7) is 7.44. The SMILES string of the molecule is CC12CCC3C(C)(N=C=S)CCC(C(C)(C)O)C3(O1)C(O)O2. The maximum atomic E-state index is 10.7. The molecule has 0 aromatic rings. The topological polar surface area (TPSA) is 71.3 Å². The molecule has 3 aliphatic rings. The Balaban J connectivity index is 2.14. The van der Waals surface area contributed by atoms with Crippen LogP contribution in [0.25, 0.3) is 0 Å². The van der Waals surface area contributed by atoms with E-state index in [0.717, 1.165) is 12.8 Å². The minimum absolute atomic E-state index is 0.0637. The number of hydrogen-bond donors (Lipinski definition) is 2. The summed E-state index contributed by atoms with van der Waals surface area (Å²) in [5.41, 5.74) is -2.37. The fourth-order valence-corrected chi connectivity index (χ4v) is 5.23. The van der Waals surface area contributed by atoms with Crippen molar-refractivity contribution in [2.45, 2.75) is 82.2 Å². The molecule has 3 rings (SSSR count). The van der Waals surface area contributed by atoms with Gasteiger partial charge in [0.05, 0.1) is 16.3 Å². The molecular weight excluding hydrogens is 302 g/mol. The van der Waals surface area contributed by atoms with Gasteiger partial charge < -0.3 is 19.7 Å². The third kappa shape index (κ3) is 2.13. The Bertz CT molecular complexity index is 529. The fraction of sp³-hybridized carbons (Fsp3) is 0.938. The molecule has 1 saturated carbocycles. The quantitative estimate of drug-likeness (QED) is 0.601. The first-order chi connectivity index (χ1) is 10.1. The minimum Gasteiger partial charge on any atom is -0.390 e. The summed E-state index contributed by atoms with van der Waals surface area (Å²) in [4.78, 5) is 4.42. The number of nitrogens with zero attached hydrogens (tertiary/aromatic N) is 1. The van der Waals surface area contributed by atoms with Gasteiger partial charge in [0, 0.05) is 18.3 Å². The van der Waals surface area contributed by atoms with Crippen molar-refractivity contribution in [2.75, 3.05) is 0 Å². The molecule has 2 saturated heterocycles. The van der Waals surface area contributed by atoms with Crippen LogP contribution < -0.4 is 0 Å². The molecule has 1 spiro atoms. The third-order valence-electron chi connectivity index (χ3n) is 5.96. The van der Waals surface area contributed by atoms with E-state index in [1.807, 2.05) is 13.8 Å². The normalized spacial score (nSPS) is 51.1. The molecule has 124 valence electrons. The van der Waals surface area contributed by atoms with E-state index in [2.05, 4.69) is 10.2 Å². The Morgan fingerprint density at radius 3 is 2.55 bits per heavy atom. The molecule has 6 unspecified atom stereocenters. The molecule has 22 heavy (non-hydrogen) atoms. The lowest BCUT2D eigenvalue weighted by atomic mass is 9.55. The number of isothiocyanates is 1. The smallest absolute Gasteiger partial charge is 0.188 e. The largest absolute Gasteiger partial charge is 0.390 e. The van der Waals surface area contributed by atoms with Gasteiger partial charge in [0.25, 0.3) is 0 Å². The van der Waals surface area contributed by atoms with E-state index in [1.54, 1.807) is 13.8 Å². The van der Waals surface area contributed by atoms with E-state index in [4.69, 9.17) is 21.7 Å². The highest BCUT2D eigenvalue weighted by molar-refractivity contribution is 7.78. The van der Waals surface area contributed by atoms with Gasteiger partial charge in [0.15, 0.2) is 12.1 Å². The molecule has 6 atom stereocenters. The highest BCUT2D eigenvalue weighted by Gasteiger charge is 2.72. The number of rotatable bonds is 2. The van der Waals surface area contributed by atoms with Gasteiger partial charge in [-0.2, -0.15) is 0 Å². The zero-order chi connectivity index (χ0) is 16.4. The number of aliphatic hydroxyl groups is 2. The van der Waals surface area contributed by atoms with Gasteiger partial charge in [0.2, 0.25) is 0 Å². The van der Waals surface area contributed by atoms with E-state index in [9.17, 15) is 10.2 Å². The summed E-state index contributed by atoms with van der Waals surface area (Å²) in [5, 5.41) is 23.9. The van der Waals surface area contributed by atoms with Crippen molar-refractivity contribution in [1.82, 2.24) is 0 Å². The van der Waals surface area contributed by atoms with Gasteiger partial charge in [-0.1, -0.05) is 0 Å². The molecule has 2 aliphatic heterocycles. The lowest BCUT2D eigenvalue weighted by Crippen LogP contribution is -2.68. The van der Waals surface area contributed by atoms with Crippen LogP contribution in [0.2, 0.25) is 0 Å². The zero-order valence-electron chi connectivity index (χ0n) is 13.6. The molecule has 1 aliphatic carbocycles. The molecule has 0 amide bonds. The van der Waals surface area contributed by atoms with Crippen molar-refractivity contribution >= 4 is 17.4 Å². The molecule has 2 bridgehead atoms. The number of hydrogen-bond acceptors (Lipinski definition) is 6. The van der Waals surface area contributed by atoms with Gasteiger partial charge >= 0.3 is 0 Å². The van der Waals surface area contributed by atoms with Crippen molar-refractivity contribution in [3.63, 3.8) is 0 Å². The predicted molar refractivity (Wildman–Crippen MR) is 84.5 cm³/mol. The summed E-state index contributed by atoms with van der Waals surface area (Å²) >= 11 is 4.84. The van der Waals surface area contributed by atoms with Crippen molar-refractivity contribution < 1.29 is 19.7 Å². The molecule has 0 aromatic carbocycles. The van der Waals surface area contributed by atoms with Crippen LogP contribution in [-0.4, -0.2) is 44.2 Å². The number of fused-ring (bicyclic) bond motifs is 1. The number of ether oxygens (including phenoxy) is 2. The average molecular weight is 327 g/mol. The van der Waals surface area contributed by atoms with E-state index in [-0.39, 0.29) is 11.8 Å². The lowest BCUT2D eigenvalue weighted by molar-refractivity contribution is -0.268. The Kier molecular flexibility index (Phi) is 3.61. The number of thiocarbonyl (C=S) groups is 1. The van der Waals surface area contributed by atoms with Crippen LogP contribution in [0.4, 0.5) is 0 Å². The monoisotopic (exact) mass is 327 g/mol. The van der Waals surface area contributed by atoms with Crippen LogP contribution in [0.15, 0.2) is 4.99 Å². The molecule has 3 fully saturated rings. The highest BCUT2D eigenvalue weighted by Crippen LogP contribution is 2.62. The molecule has 6 heteroatoms. The third-order valence-corrected chi connectivity index (χ3v) is 6.05. The minimum atomic E-state index is -1.07. The molecular formula is C16H25NO4S. The van der Waals surface area contributed by atoms with E-state index in [1.165, 1.54) is 0 Å². The van der Waals surface area contributed by atoms with Crippen molar-refractivity contribution in [3.05, 3.63) is 0 Å². The maximum absolute atomic E-state index is 10.7. The van der Waals surface area contributed by atoms with Crippen molar-refractivity contribution in [2.24, 2.45) is 16.8 Å². The predicted octanol–water partition coefficient (Wildman–Crippen LogP) is 2.26. The molecule has 0 aromatic heterocycles. The summed E-state index contributed by atoms with van der Waals surface area (Å²) in [6, 6.07) is 0. The second-order valence-electron chi connectivity index (χ2n) is 7.96. The second kappa shape index (κ2) is 4.82. The summed E-state index contributed by atoms with van der Waals surface area (Å²) < 4.78 is 12.1. The van der Waals surface area contributed by atoms with Crippen LogP contribution in [0, 0.1) is 11.8 Å². The van der Waals surface area contributed by atoms with Gasteiger partial charge in [-0.25, -0.2) is 4.99 Å². The molecule has 0 radical (unpaired) electrons. The first-order valence-corrected chi connectivity index (χ1v) is 8.36. The van der Waals surface area contributed by atoms with Crippen molar-refractivity contribution in [1.29, 1.82) is 0 Å². The van der Waals surface area contributed by atoms with Crippen LogP contribution in [-0.2, 0) is 9.47 Å². The Hall–Kier alpha value is -0.360. The van der Waals surface area contributed by atoms with Gasteiger partial charge in [-0.15, -0.1) is 0 Å². The Labute approximate surface area is 136 Å². The molecule has 2 heterocycles. The van der Waals surface area contributed by atoms with Gasteiger partial charge in [0.1, 0.15) is 5.60 Å². The van der Waals surface area contributed by atoms with E-state index < -0.39 is 28.8 Å². The maximum Gasteiger partial charge on any atom is 0.188 e. The Morgan fingerprint density at radius 2 is 1.95 bits per heavy atom. The molecule has 2 N–H and O–H groups in total. The fourth-order valence-electron chi connectivity index (χ4n) is 5.02. The van der Waals surface area contributed by atoms with Crippen molar-refractivity contribution in [3.8, 4) is 0 Å². The second-order valence-corrected chi connectivity index (χ2v) is 8.14. The van der Waals surface area contributed by atoms with Crippen LogP contribution in [0.3, 0.4) is 0 Å². The van der Waals surface area contributed by atoms with Crippen LogP contribution >= 0.6 is 12.2 Å². The standard InChI is InChI=1S/C16H25NO4S/c1-13(2,19)10-5-7-14(3,17-9-22)11-6-8-15(4)20-12(18)16(10,11)21-15/h10-12,18-19H,5-8H2,1-4H3. The molecule has 5 nitrogen and oxygen atoms in total. The van der Waals surface area contributed by atoms with E-state index >= 15 is 0 Å². The van der Waals surface area contributed by atoms with Crippen LogP contribution in [0.1, 0.15) is 53.4 Å². The van der Waals surface area contributed by atoms with E-state index in [0.29, 0.717) is 12.8 Å². The highest BCUT2D eigenvalue weighted by atomic mass is 32.1. The zero-order valence-corrected chi connectivity index (χ0v) is 14.4. The average Bonchev–Trinajstić information content (AvgIpc) is 2.54. The first kappa shape index (κ1) is 16.5. The summed E-state index contributed by atoms with van der Waals surface area (Å²) in [7, 11) is 0. The number of aliphatic hydroxyl groups excluding tert-OH is 1. The lowest BCUT2D eigenvalue weighted by Gasteiger charge is -2.58. The first-order valence-electron chi connectivity index (χ1n) is 7.95. The van der Waals surface area contributed by atoms with Gasteiger partial charge in [-0.05, 0) is 59.2 Å². The van der Waals surface area contributed by atoms with Crippen LogP contribution in [0.5, 0.6) is 0 Å².